The molecule has 2 N–H and O–H groups in total. The minimum Gasteiger partial charge on any atom is -0.464 e. The number of ether oxygens (including phenoxy) is 1. The molecule has 0 bridgehead atoms. The standard InChI is InChI=1S/C13H16ClN3O3/c1-2-20-13(19)10-4-3-5-17(10)12(18)8-6-11(14)16-7-9(8)15/h6-7,10H,2-5,15H2,1H3. The minimum atomic E-state index is -0.547. The number of nitrogens with two attached hydrogens (primary N) is 1. The van der Waals surface area contributed by atoms with E-state index in [9.17, 15) is 9.59 Å². The van der Waals surface area contributed by atoms with E-state index in [-0.39, 0.29) is 28.3 Å². The maximum Gasteiger partial charge on any atom is 0.328 e. The van der Waals surface area contributed by atoms with Crippen LogP contribution in [0, 0.1) is 0 Å². The van der Waals surface area contributed by atoms with Gasteiger partial charge in [-0.3, -0.25) is 4.79 Å². The summed E-state index contributed by atoms with van der Waals surface area (Å²) in [7, 11) is 0. The number of amides is 1. The number of aromatic nitrogens is 1. The van der Waals surface area contributed by atoms with Crippen molar-refractivity contribution in [2.24, 2.45) is 0 Å². The number of hydrogen-bond acceptors (Lipinski definition) is 5. The Balaban J connectivity index is 2.23. The highest BCUT2D eigenvalue weighted by atomic mass is 35.5. The summed E-state index contributed by atoms with van der Waals surface area (Å²) in [6.07, 6.45) is 2.70. The topological polar surface area (TPSA) is 85.5 Å². The zero-order chi connectivity index (χ0) is 14.7. The SMILES string of the molecule is CCOC(=O)C1CCCN1C(=O)c1cc(Cl)ncc1N. The van der Waals surface area contributed by atoms with Crippen LogP contribution >= 0.6 is 11.6 Å². The van der Waals surface area contributed by atoms with Crippen molar-refractivity contribution in [2.75, 3.05) is 18.9 Å². The van der Waals surface area contributed by atoms with Crippen LogP contribution in [0.4, 0.5) is 5.69 Å². The van der Waals surface area contributed by atoms with Gasteiger partial charge < -0.3 is 15.4 Å². The second-order valence-corrected chi connectivity index (χ2v) is 4.89. The van der Waals surface area contributed by atoms with Gasteiger partial charge in [-0.05, 0) is 25.8 Å². The molecule has 1 aliphatic rings. The monoisotopic (exact) mass is 297 g/mol. The van der Waals surface area contributed by atoms with Crippen LogP contribution in [0.25, 0.3) is 0 Å². The summed E-state index contributed by atoms with van der Waals surface area (Å²) in [6.45, 7) is 2.53. The molecule has 0 saturated carbocycles. The zero-order valence-electron chi connectivity index (χ0n) is 11.1. The number of carbonyl (C=O) groups is 2. The van der Waals surface area contributed by atoms with Gasteiger partial charge in [-0.25, -0.2) is 9.78 Å². The molecular formula is C13H16ClN3O3. The van der Waals surface area contributed by atoms with Gasteiger partial charge in [0.1, 0.15) is 11.2 Å². The zero-order valence-corrected chi connectivity index (χ0v) is 11.9. The number of esters is 1. The minimum absolute atomic E-state index is 0.189. The van der Waals surface area contributed by atoms with Gasteiger partial charge in [0.2, 0.25) is 0 Å². The normalized spacial score (nSPS) is 18.1. The maximum absolute atomic E-state index is 12.5. The molecule has 0 aliphatic carbocycles. The third-order valence-corrected chi connectivity index (χ3v) is 3.41. The van der Waals surface area contributed by atoms with Crippen molar-refractivity contribution in [3.63, 3.8) is 0 Å². The second kappa shape index (κ2) is 6.09. The van der Waals surface area contributed by atoms with Crippen molar-refractivity contribution < 1.29 is 14.3 Å². The summed E-state index contributed by atoms with van der Waals surface area (Å²) in [4.78, 5) is 29.6. The van der Waals surface area contributed by atoms with Crippen molar-refractivity contribution in [1.29, 1.82) is 0 Å². The molecule has 2 rings (SSSR count). The summed E-state index contributed by atoms with van der Waals surface area (Å²) in [5.74, 6) is -0.695. The first-order valence-corrected chi connectivity index (χ1v) is 6.81. The fraction of sp³-hybridized carbons (Fsp3) is 0.462. The van der Waals surface area contributed by atoms with Crippen molar-refractivity contribution in [1.82, 2.24) is 9.88 Å². The highest BCUT2D eigenvalue weighted by Gasteiger charge is 2.36. The first-order valence-electron chi connectivity index (χ1n) is 6.43. The highest BCUT2D eigenvalue weighted by molar-refractivity contribution is 6.29. The second-order valence-electron chi connectivity index (χ2n) is 4.50. The number of nitrogens with zero attached hydrogens (tertiary/aromatic N) is 2. The van der Waals surface area contributed by atoms with E-state index in [0.717, 1.165) is 6.42 Å². The van der Waals surface area contributed by atoms with E-state index in [4.69, 9.17) is 22.1 Å². The smallest absolute Gasteiger partial charge is 0.328 e. The lowest BCUT2D eigenvalue weighted by Crippen LogP contribution is -2.41. The van der Waals surface area contributed by atoms with Gasteiger partial charge in [-0.1, -0.05) is 11.6 Å². The largest absolute Gasteiger partial charge is 0.464 e. The van der Waals surface area contributed by atoms with E-state index in [2.05, 4.69) is 4.98 Å². The summed E-state index contributed by atoms with van der Waals surface area (Å²) < 4.78 is 4.99. The van der Waals surface area contributed by atoms with Gasteiger partial charge in [0.25, 0.3) is 5.91 Å². The molecule has 1 aromatic heterocycles. The van der Waals surface area contributed by atoms with Gasteiger partial charge in [0, 0.05) is 6.54 Å². The molecule has 1 aromatic rings. The molecule has 1 amide bonds. The highest BCUT2D eigenvalue weighted by Crippen LogP contribution is 2.24. The summed E-state index contributed by atoms with van der Waals surface area (Å²) in [5, 5.41) is 0.189. The lowest BCUT2D eigenvalue weighted by molar-refractivity contribution is -0.147. The maximum atomic E-state index is 12.5. The Labute approximate surface area is 121 Å². The molecule has 20 heavy (non-hydrogen) atoms. The van der Waals surface area contributed by atoms with Crippen LogP contribution in [-0.4, -0.2) is 41.0 Å². The molecule has 0 radical (unpaired) electrons. The number of anilines is 1. The number of hydrogen-bond donors (Lipinski definition) is 1. The van der Waals surface area contributed by atoms with Crippen LogP contribution in [0.5, 0.6) is 0 Å². The van der Waals surface area contributed by atoms with E-state index < -0.39 is 6.04 Å². The first kappa shape index (κ1) is 14.6. The fourth-order valence-electron chi connectivity index (χ4n) is 2.27. The van der Waals surface area contributed by atoms with Gasteiger partial charge in [0.05, 0.1) is 24.1 Å². The molecule has 7 heteroatoms. The van der Waals surface area contributed by atoms with Crippen molar-refractivity contribution in [3.05, 3.63) is 23.0 Å². The molecule has 1 aliphatic heterocycles. The lowest BCUT2D eigenvalue weighted by Gasteiger charge is -2.23. The van der Waals surface area contributed by atoms with E-state index in [1.165, 1.54) is 17.2 Å². The van der Waals surface area contributed by atoms with Crippen LogP contribution in [-0.2, 0) is 9.53 Å². The van der Waals surface area contributed by atoms with Gasteiger partial charge >= 0.3 is 5.97 Å². The fourth-order valence-corrected chi connectivity index (χ4v) is 2.43. The molecule has 0 aromatic carbocycles. The van der Waals surface area contributed by atoms with Crippen LogP contribution in [0.3, 0.4) is 0 Å². The van der Waals surface area contributed by atoms with Crippen LogP contribution in [0.2, 0.25) is 5.15 Å². The van der Waals surface area contributed by atoms with Crippen molar-refractivity contribution in [2.45, 2.75) is 25.8 Å². The molecule has 108 valence electrons. The number of likely N-dealkylation sites (tertiary alicyclic amines) is 1. The first-order chi connectivity index (χ1) is 9.54. The Morgan fingerprint density at radius 1 is 1.60 bits per heavy atom. The van der Waals surface area contributed by atoms with Crippen LogP contribution < -0.4 is 5.73 Å². The van der Waals surface area contributed by atoms with E-state index in [1.54, 1.807) is 6.92 Å². The Morgan fingerprint density at radius 2 is 2.35 bits per heavy atom. The molecule has 1 fully saturated rings. The number of nitrogen functional groups attached to an aromatic ring is 1. The summed E-state index contributed by atoms with van der Waals surface area (Å²) in [6, 6.07) is 0.869. The van der Waals surface area contributed by atoms with Gasteiger partial charge in [-0.15, -0.1) is 0 Å². The Kier molecular flexibility index (Phi) is 4.44. The predicted molar refractivity (Wildman–Crippen MR) is 74.4 cm³/mol. The quantitative estimate of drug-likeness (QED) is 0.675. The number of rotatable bonds is 3. The van der Waals surface area contributed by atoms with Gasteiger partial charge in [-0.2, -0.15) is 0 Å². The van der Waals surface area contributed by atoms with Crippen molar-refractivity contribution in [3.8, 4) is 0 Å². The van der Waals surface area contributed by atoms with Crippen LogP contribution in [0.15, 0.2) is 12.3 Å². The molecule has 1 atom stereocenters. The number of pyridine rings is 1. The summed E-state index contributed by atoms with van der Waals surface area (Å²) >= 11 is 5.79. The average Bonchev–Trinajstić information content (AvgIpc) is 2.90. The summed E-state index contributed by atoms with van der Waals surface area (Å²) in [5.41, 5.74) is 6.26. The lowest BCUT2D eigenvalue weighted by atomic mass is 10.1. The van der Waals surface area contributed by atoms with E-state index >= 15 is 0 Å². The van der Waals surface area contributed by atoms with Crippen LogP contribution in [0.1, 0.15) is 30.1 Å². The Bertz CT molecular complexity index is 536. The third kappa shape index (κ3) is 2.85. The Hall–Kier alpha value is -1.82. The number of carbonyl (C=O) groups excluding carboxylic acids is 2. The molecule has 0 spiro atoms. The Morgan fingerprint density at radius 3 is 3.05 bits per heavy atom. The average molecular weight is 298 g/mol. The molecular weight excluding hydrogens is 282 g/mol. The van der Waals surface area contributed by atoms with E-state index in [0.29, 0.717) is 19.6 Å². The molecule has 1 saturated heterocycles. The van der Waals surface area contributed by atoms with Gasteiger partial charge in [0.15, 0.2) is 0 Å². The predicted octanol–water partition coefficient (Wildman–Crippen LogP) is 1.48. The third-order valence-electron chi connectivity index (χ3n) is 3.20. The molecule has 1 unspecified atom stereocenters. The molecule has 2 heterocycles. The van der Waals surface area contributed by atoms with Crippen molar-refractivity contribution >= 4 is 29.2 Å². The van der Waals surface area contributed by atoms with E-state index in [1.807, 2.05) is 0 Å². The molecule has 6 nitrogen and oxygen atoms in total. The number of halogens is 1.